The van der Waals surface area contributed by atoms with Gasteiger partial charge in [-0.1, -0.05) is 24.2 Å². The highest BCUT2D eigenvalue weighted by atomic mass is 32.2. The lowest BCUT2D eigenvalue weighted by Gasteiger charge is -2.15. The number of carbonyl (C=O) groups excluding carboxylic acids is 1. The number of benzene rings is 1. The number of amides is 1. The number of thioether (sulfide) groups is 1. The molecule has 5 heteroatoms. The average Bonchev–Trinajstić information content (AvgIpc) is 2.84. The predicted molar refractivity (Wildman–Crippen MR) is 110 cm³/mol. The molecule has 27 heavy (non-hydrogen) atoms. The van der Waals surface area contributed by atoms with Gasteiger partial charge in [0.25, 0.3) is 0 Å². The van der Waals surface area contributed by atoms with Crippen molar-refractivity contribution in [1.29, 1.82) is 5.26 Å². The van der Waals surface area contributed by atoms with Crippen molar-refractivity contribution in [1.82, 2.24) is 4.98 Å². The van der Waals surface area contributed by atoms with Crippen LogP contribution in [-0.4, -0.2) is 16.1 Å². The number of nitriles is 1. The van der Waals surface area contributed by atoms with Crippen LogP contribution in [0, 0.1) is 25.2 Å². The van der Waals surface area contributed by atoms with Crippen LogP contribution in [0.25, 0.3) is 0 Å². The molecule has 2 aromatic rings. The first kappa shape index (κ1) is 19.4. The Kier molecular flexibility index (Phi) is 6.18. The molecule has 1 heterocycles. The van der Waals surface area contributed by atoms with Crippen LogP contribution in [0.2, 0.25) is 0 Å². The van der Waals surface area contributed by atoms with Crippen molar-refractivity contribution in [2.24, 2.45) is 0 Å². The van der Waals surface area contributed by atoms with E-state index in [9.17, 15) is 10.1 Å². The van der Waals surface area contributed by atoms with Gasteiger partial charge in [0.15, 0.2) is 0 Å². The van der Waals surface area contributed by atoms with Gasteiger partial charge >= 0.3 is 0 Å². The van der Waals surface area contributed by atoms with Crippen LogP contribution in [0.5, 0.6) is 0 Å². The van der Waals surface area contributed by atoms with Crippen molar-refractivity contribution >= 4 is 23.4 Å². The van der Waals surface area contributed by atoms with E-state index in [0.29, 0.717) is 10.6 Å². The highest BCUT2D eigenvalue weighted by Crippen LogP contribution is 2.30. The Hall–Kier alpha value is -2.32. The molecule has 0 spiro atoms. The Labute approximate surface area is 165 Å². The lowest BCUT2D eigenvalue weighted by atomic mass is 10.1. The molecule has 0 aliphatic heterocycles. The largest absolute Gasteiger partial charge is 0.325 e. The van der Waals surface area contributed by atoms with E-state index in [4.69, 9.17) is 4.98 Å². The molecule has 0 fully saturated rings. The van der Waals surface area contributed by atoms with Gasteiger partial charge in [-0.15, -0.1) is 0 Å². The van der Waals surface area contributed by atoms with Crippen LogP contribution in [0.1, 0.15) is 54.1 Å². The van der Waals surface area contributed by atoms with Crippen LogP contribution >= 0.6 is 11.8 Å². The molecule has 1 atom stereocenters. The minimum Gasteiger partial charge on any atom is -0.325 e. The Morgan fingerprint density at radius 1 is 1.15 bits per heavy atom. The third-order valence-corrected chi connectivity index (χ3v) is 5.89. The smallest absolute Gasteiger partial charge is 0.237 e. The molecule has 1 amide bonds. The summed E-state index contributed by atoms with van der Waals surface area (Å²) < 4.78 is 0. The zero-order valence-corrected chi connectivity index (χ0v) is 16.9. The Morgan fingerprint density at radius 2 is 1.85 bits per heavy atom. The molecule has 1 aliphatic carbocycles. The number of aromatic nitrogens is 1. The monoisotopic (exact) mass is 379 g/mol. The van der Waals surface area contributed by atoms with Gasteiger partial charge in [-0.3, -0.25) is 4.79 Å². The van der Waals surface area contributed by atoms with Crippen LogP contribution in [0.3, 0.4) is 0 Å². The molecule has 4 nitrogen and oxygen atoms in total. The first-order valence-corrected chi connectivity index (χ1v) is 10.3. The number of hydrogen-bond donors (Lipinski definition) is 1. The molecule has 0 saturated carbocycles. The third-order valence-electron chi connectivity index (χ3n) is 4.78. The van der Waals surface area contributed by atoms with E-state index >= 15 is 0 Å². The third kappa shape index (κ3) is 4.90. The van der Waals surface area contributed by atoms with Crippen LogP contribution in [-0.2, 0) is 17.6 Å². The van der Waals surface area contributed by atoms with Crippen LogP contribution in [0.15, 0.2) is 29.3 Å². The van der Waals surface area contributed by atoms with Crippen molar-refractivity contribution in [2.45, 2.75) is 63.2 Å². The second-order valence-corrected chi connectivity index (χ2v) is 8.57. The molecule has 3 rings (SSSR count). The maximum Gasteiger partial charge on any atom is 0.237 e. The van der Waals surface area contributed by atoms with Crippen molar-refractivity contribution < 1.29 is 4.79 Å². The van der Waals surface area contributed by atoms with E-state index in [0.717, 1.165) is 48.2 Å². The molecule has 0 saturated heterocycles. The quantitative estimate of drug-likeness (QED) is 0.602. The maximum atomic E-state index is 12.6. The average molecular weight is 380 g/mol. The van der Waals surface area contributed by atoms with Crippen molar-refractivity contribution in [3.8, 4) is 6.07 Å². The van der Waals surface area contributed by atoms with Gasteiger partial charge in [0, 0.05) is 11.4 Å². The highest BCUT2D eigenvalue weighted by Gasteiger charge is 2.20. The fraction of sp³-hybridized carbons (Fsp3) is 0.409. The normalized spacial score (nSPS) is 14.6. The maximum absolute atomic E-state index is 12.6. The lowest BCUT2D eigenvalue weighted by molar-refractivity contribution is -0.115. The summed E-state index contributed by atoms with van der Waals surface area (Å²) in [5, 5.41) is 12.8. The first-order valence-electron chi connectivity index (χ1n) is 9.45. The molecule has 1 unspecified atom stereocenters. The molecule has 0 bridgehead atoms. The minimum absolute atomic E-state index is 0.0781. The zero-order valence-electron chi connectivity index (χ0n) is 16.1. The molecule has 1 N–H and O–H groups in total. The SMILES string of the molecule is Cc1cc(C)cc(NC(=O)C(C)Sc2nc3c(cc2C#N)CCCCC3)c1. The molecular formula is C22H25N3OS. The van der Waals surface area contributed by atoms with Crippen LogP contribution < -0.4 is 5.32 Å². The number of fused-ring (bicyclic) bond motifs is 1. The van der Waals surface area contributed by atoms with Crippen LogP contribution in [0.4, 0.5) is 5.69 Å². The second-order valence-electron chi connectivity index (χ2n) is 7.25. The number of carbonyl (C=O) groups is 1. The van der Waals surface area contributed by atoms with Gasteiger partial charge in [-0.05, 0) is 81.3 Å². The molecule has 1 aromatic carbocycles. The summed E-state index contributed by atoms with van der Waals surface area (Å²) >= 11 is 1.36. The Bertz CT molecular complexity index is 881. The van der Waals surface area contributed by atoms with Gasteiger partial charge in [0.2, 0.25) is 5.91 Å². The number of pyridine rings is 1. The molecule has 140 valence electrons. The number of nitrogens with one attached hydrogen (secondary N) is 1. The Balaban J connectivity index is 1.76. The number of aryl methyl sites for hydroxylation is 4. The van der Waals surface area contributed by atoms with Gasteiger partial charge < -0.3 is 5.32 Å². The fourth-order valence-electron chi connectivity index (χ4n) is 3.47. The van der Waals surface area contributed by atoms with E-state index < -0.39 is 0 Å². The lowest BCUT2D eigenvalue weighted by Crippen LogP contribution is -2.23. The number of rotatable bonds is 4. The van der Waals surface area contributed by atoms with Gasteiger partial charge in [0.1, 0.15) is 11.1 Å². The molecule has 1 aromatic heterocycles. The summed E-state index contributed by atoms with van der Waals surface area (Å²) in [4.78, 5) is 17.4. The molecular weight excluding hydrogens is 354 g/mol. The molecule has 0 radical (unpaired) electrons. The molecule has 1 aliphatic rings. The standard InChI is InChI=1S/C22H25N3OS/c1-14-9-15(2)11-19(10-14)24-21(26)16(3)27-22-18(13-23)12-17-7-5-4-6-8-20(17)25-22/h9-12,16H,4-8H2,1-3H3,(H,24,26). The van der Waals surface area contributed by atoms with E-state index in [1.54, 1.807) is 0 Å². The van der Waals surface area contributed by atoms with Gasteiger partial charge in [0.05, 0.1) is 10.8 Å². The van der Waals surface area contributed by atoms with Gasteiger partial charge in [-0.25, -0.2) is 4.98 Å². The van der Waals surface area contributed by atoms with E-state index in [-0.39, 0.29) is 11.2 Å². The van der Waals surface area contributed by atoms with E-state index in [2.05, 4.69) is 17.5 Å². The van der Waals surface area contributed by atoms with Crippen molar-refractivity contribution in [2.75, 3.05) is 5.32 Å². The first-order chi connectivity index (χ1) is 13.0. The predicted octanol–water partition coefficient (Wildman–Crippen LogP) is 4.96. The Morgan fingerprint density at radius 3 is 2.56 bits per heavy atom. The van der Waals surface area contributed by atoms with Crippen molar-refractivity contribution in [3.63, 3.8) is 0 Å². The second kappa shape index (κ2) is 8.58. The summed E-state index contributed by atoms with van der Waals surface area (Å²) in [6, 6.07) is 10.2. The summed E-state index contributed by atoms with van der Waals surface area (Å²) in [5.41, 5.74) is 5.90. The summed E-state index contributed by atoms with van der Waals surface area (Å²) in [6.45, 7) is 5.89. The topological polar surface area (TPSA) is 65.8 Å². The number of nitrogens with zero attached hydrogens (tertiary/aromatic N) is 2. The highest BCUT2D eigenvalue weighted by molar-refractivity contribution is 8.00. The summed E-state index contributed by atoms with van der Waals surface area (Å²) in [6.07, 6.45) is 5.44. The summed E-state index contributed by atoms with van der Waals surface area (Å²) in [7, 11) is 0. The summed E-state index contributed by atoms with van der Waals surface area (Å²) in [5.74, 6) is -0.0781. The number of anilines is 1. The van der Waals surface area contributed by atoms with E-state index in [1.807, 2.05) is 39.0 Å². The number of hydrogen-bond acceptors (Lipinski definition) is 4. The zero-order chi connectivity index (χ0) is 19.4. The minimum atomic E-state index is -0.339. The van der Waals surface area contributed by atoms with E-state index in [1.165, 1.54) is 23.7 Å². The fourth-order valence-corrected chi connectivity index (χ4v) is 4.37. The van der Waals surface area contributed by atoms with Gasteiger partial charge in [-0.2, -0.15) is 5.26 Å². The van der Waals surface area contributed by atoms with Crippen molar-refractivity contribution in [3.05, 3.63) is 52.2 Å².